The van der Waals surface area contributed by atoms with Crippen molar-refractivity contribution in [1.29, 1.82) is 0 Å². The van der Waals surface area contributed by atoms with Crippen molar-refractivity contribution in [3.63, 3.8) is 0 Å². The minimum atomic E-state index is 0.0682. The minimum absolute atomic E-state index is 0.0682. The predicted molar refractivity (Wildman–Crippen MR) is 75.5 cm³/mol. The average Bonchev–Trinajstić information content (AvgIpc) is 2.82. The Morgan fingerprint density at radius 3 is 2.11 bits per heavy atom. The second-order valence-electron chi connectivity index (χ2n) is 4.19. The Bertz CT molecular complexity index is 487. The van der Waals surface area contributed by atoms with Crippen molar-refractivity contribution in [3.05, 3.63) is 54.6 Å². The van der Waals surface area contributed by atoms with Crippen molar-refractivity contribution in [2.75, 3.05) is 22.6 Å². The highest BCUT2D eigenvalue weighted by Crippen LogP contribution is 2.26. The lowest BCUT2D eigenvalue weighted by molar-refractivity contribution is 0.656. The van der Waals surface area contributed by atoms with E-state index in [1.54, 1.807) is 0 Å². The van der Waals surface area contributed by atoms with E-state index in [9.17, 15) is 0 Å². The van der Waals surface area contributed by atoms with Gasteiger partial charge in [-0.05, 0) is 24.3 Å². The van der Waals surface area contributed by atoms with Crippen molar-refractivity contribution in [2.24, 2.45) is 0 Å². The van der Waals surface area contributed by atoms with E-state index in [2.05, 4.69) is 33.4 Å². The smallest absolute Gasteiger partial charge is 0.154 e. The van der Waals surface area contributed by atoms with Gasteiger partial charge in [0.1, 0.15) is 0 Å². The highest BCUT2D eigenvalue weighted by atomic mass is 15.3. The normalized spacial score (nSPS) is 13.6. The summed E-state index contributed by atoms with van der Waals surface area (Å²) in [4.78, 5) is 0. The molecule has 2 aromatic carbocycles. The Hall–Kier alpha value is -2.20. The number of para-hydroxylation sites is 3. The molecule has 4 nitrogen and oxygen atoms in total. The van der Waals surface area contributed by atoms with Crippen LogP contribution in [0.4, 0.5) is 17.1 Å². The van der Waals surface area contributed by atoms with Gasteiger partial charge in [0.05, 0.1) is 18.0 Å². The molecule has 0 aliphatic carbocycles. The molecular weight excluding hydrogens is 224 g/mol. The van der Waals surface area contributed by atoms with Crippen LogP contribution in [0.25, 0.3) is 0 Å². The van der Waals surface area contributed by atoms with E-state index in [1.807, 2.05) is 42.5 Å². The van der Waals surface area contributed by atoms with Gasteiger partial charge in [-0.1, -0.05) is 30.3 Å². The number of rotatable bonds is 4. The van der Waals surface area contributed by atoms with E-state index in [4.69, 9.17) is 0 Å². The van der Waals surface area contributed by atoms with E-state index < -0.39 is 0 Å². The van der Waals surface area contributed by atoms with E-state index in [1.165, 1.54) is 0 Å². The molecule has 18 heavy (non-hydrogen) atoms. The molecule has 0 saturated heterocycles. The van der Waals surface area contributed by atoms with E-state index >= 15 is 0 Å². The second-order valence-corrected chi connectivity index (χ2v) is 4.19. The van der Waals surface area contributed by atoms with Gasteiger partial charge < -0.3 is 16.0 Å². The van der Waals surface area contributed by atoms with E-state index in [-0.39, 0.29) is 6.29 Å². The summed E-state index contributed by atoms with van der Waals surface area (Å²) in [5.41, 5.74) is 3.38. The van der Waals surface area contributed by atoms with Gasteiger partial charge in [-0.3, -0.25) is 5.32 Å². The second kappa shape index (κ2) is 4.98. The first-order valence-corrected chi connectivity index (χ1v) is 6.06. The maximum Gasteiger partial charge on any atom is 0.154 e. The molecule has 0 radical (unpaired) electrons. The zero-order valence-electron chi connectivity index (χ0n) is 9.98. The maximum atomic E-state index is 3.36. The molecule has 1 aliphatic heterocycles. The first-order valence-electron chi connectivity index (χ1n) is 6.06. The molecule has 0 bridgehead atoms. The third-order valence-corrected chi connectivity index (χ3v) is 2.90. The molecule has 2 aromatic rings. The van der Waals surface area contributed by atoms with Crippen LogP contribution in [0.5, 0.6) is 0 Å². The van der Waals surface area contributed by atoms with Gasteiger partial charge in [0.2, 0.25) is 0 Å². The van der Waals surface area contributed by atoms with Gasteiger partial charge in [0.15, 0.2) is 6.29 Å². The predicted octanol–water partition coefficient (Wildman–Crippen LogP) is 2.47. The first kappa shape index (κ1) is 10.9. The van der Waals surface area contributed by atoms with Gasteiger partial charge in [0, 0.05) is 5.69 Å². The number of hydrogen-bond acceptors (Lipinski definition) is 4. The van der Waals surface area contributed by atoms with Crippen molar-refractivity contribution < 1.29 is 0 Å². The summed E-state index contributed by atoms with van der Waals surface area (Å²) in [7, 11) is 0. The molecule has 0 amide bonds. The van der Waals surface area contributed by atoms with Crippen LogP contribution in [-0.2, 0) is 0 Å². The van der Waals surface area contributed by atoms with Crippen LogP contribution < -0.4 is 21.3 Å². The highest BCUT2D eigenvalue weighted by Gasteiger charge is 2.17. The molecule has 0 spiro atoms. The fourth-order valence-corrected chi connectivity index (χ4v) is 2.00. The number of nitrogens with one attached hydrogen (secondary N) is 4. The van der Waals surface area contributed by atoms with Crippen LogP contribution in [0, 0.1) is 0 Å². The van der Waals surface area contributed by atoms with Gasteiger partial charge in [-0.25, -0.2) is 0 Å². The summed E-state index contributed by atoms with van der Waals surface area (Å²) < 4.78 is 0. The fourth-order valence-electron chi connectivity index (χ4n) is 2.00. The molecule has 0 unspecified atom stereocenters. The average molecular weight is 240 g/mol. The molecule has 4 N–H and O–H groups in total. The maximum absolute atomic E-state index is 3.36. The summed E-state index contributed by atoms with van der Waals surface area (Å²) >= 11 is 0. The Morgan fingerprint density at radius 1 is 0.833 bits per heavy atom. The van der Waals surface area contributed by atoms with Gasteiger partial charge in [-0.2, -0.15) is 0 Å². The van der Waals surface area contributed by atoms with Crippen LogP contribution >= 0.6 is 0 Å². The van der Waals surface area contributed by atoms with Crippen molar-refractivity contribution >= 4 is 17.1 Å². The number of benzene rings is 2. The first-order chi connectivity index (χ1) is 8.92. The summed E-state index contributed by atoms with van der Waals surface area (Å²) in [5, 5.41) is 13.4. The molecular formula is C14H16N4. The molecule has 0 fully saturated rings. The highest BCUT2D eigenvalue weighted by molar-refractivity contribution is 5.73. The van der Waals surface area contributed by atoms with Crippen molar-refractivity contribution in [3.8, 4) is 0 Å². The monoisotopic (exact) mass is 240 g/mol. The summed E-state index contributed by atoms with van der Waals surface area (Å²) in [6.07, 6.45) is 0.0682. The van der Waals surface area contributed by atoms with Crippen LogP contribution in [0.2, 0.25) is 0 Å². The topological polar surface area (TPSA) is 48.1 Å². The summed E-state index contributed by atoms with van der Waals surface area (Å²) in [5.74, 6) is 0. The van der Waals surface area contributed by atoms with Crippen LogP contribution in [-0.4, -0.2) is 13.0 Å². The lowest BCUT2D eigenvalue weighted by Gasteiger charge is -2.15. The van der Waals surface area contributed by atoms with Gasteiger partial charge >= 0.3 is 0 Å². The standard InChI is InChI=1S/C14H16N4/c1-2-6-11(7-3-1)15-10-16-14-17-12-8-4-5-9-13(12)18-14/h1-9,14-18H,10H2. The zero-order valence-corrected chi connectivity index (χ0v) is 9.98. The number of fused-ring (bicyclic) bond motifs is 1. The van der Waals surface area contributed by atoms with Gasteiger partial charge in [0.25, 0.3) is 0 Å². The summed E-state index contributed by atoms with van der Waals surface area (Å²) in [6.45, 7) is 0.697. The van der Waals surface area contributed by atoms with Crippen LogP contribution in [0.1, 0.15) is 0 Å². The van der Waals surface area contributed by atoms with E-state index in [0.717, 1.165) is 17.1 Å². The fraction of sp³-hybridized carbons (Fsp3) is 0.143. The van der Waals surface area contributed by atoms with E-state index in [0.29, 0.717) is 6.67 Å². The van der Waals surface area contributed by atoms with Crippen LogP contribution in [0.15, 0.2) is 54.6 Å². The minimum Gasteiger partial charge on any atom is -0.372 e. The third kappa shape index (κ3) is 2.38. The Morgan fingerprint density at radius 2 is 1.44 bits per heavy atom. The largest absolute Gasteiger partial charge is 0.372 e. The zero-order chi connectivity index (χ0) is 12.2. The lowest BCUT2D eigenvalue weighted by Crippen LogP contribution is -2.41. The molecule has 0 atom stereocenters. The molecule has 1 heterocycles. The SMILES string of the molecule is c1ccc(NCNC2Nc3ccccc3N2)cc1. The molecule has 1 aliphatic rings. The molecule has 92 valence electrons. The Kier molecular flexibility index (Phi) is 3.02. The van der Waals surface area contributed by atoms with Crippen molar-refractivity contribution in [1.82, 2.24) is 5.32 Å². The third-order valence-electron chi connectivity index (χ3n) is 2.90. The quantitative estimate of drug-likeness (QED) is 0.620. The molecule has 4 heteroatoms. The number of anilines is 3. The van der Waals surface area contributed by atoms with Gasteiger partial charge in [-0.15, -0.1) is 0 Å². The molecule has 0 saturated carbocycles. The molecule has 0 aromatic heterocycles. The Balaban J connectivity index is 1.49. The number of hydrogen-bond donors (Lipinski definition) is 4. The molecule has 3 rings (SSSR count). The Labute approximate surface area is 106 Å². The lowest BCUT2D eigenvalue weighted by atomic mass is 10.3. The van der Waals surface area contributed by atoms with Crippen molar-refractivity contribution in [2.45, 2.75) is 6.29 Å². The van der Waals surface area contributed by atoms with Crippen LogP contribution in [0.3, 0.4) is 0 Å². The summed E-state index contributed by atoms with van der Waals surface area (Å²) in [6, 6.07) is 18.3.